The highest BCUT2D eigenvalue weighted by Gasteiger charge is 2.21. The number of rotatable bonds is 4. The minimum atomic E-state index is 0.580. The summed E-state index contributed by atoms with van der Waals surface area (Å²) in [5.41, 5.74) is 11.6. The molecule has 0 aliphatic carbocycles. The Balaban J connectivity index is 1.24. The fourth-order valence-corrected chi connectivity index (χ4v) is 7.34. The second-order valence-electron chi connectivity index (χ2n) is 12.0. The molecule has 0 fully saturated rings. The molecule has 48 heavy (non-hydrogen) atoms. The Morgan fingerprint density at radius 1 is 0.396 bits per heavy atom. The van der Waals surface area contributed by atoms with Crippen molar-refractivity contribution in [3.05, 3.63) is 169 Å². The van der Waals surface area contributed by atoms with Gasteiger partial charge in [-0.25, -0.2) is 0 Å². The van der Waals surface area contributed by atoms with Crippen molar-refractivity contribution in [1.82, 2.24) is 9.13 Å². The minimum absolute atomic E-state index is 0.580. The average molecular weight is 611 g/mol. The van der Waals surface area contributed by atoms with Crippen molar-refractivity contribution in [2.45, 2.75) is 0 Å². The first-order chi connectivity index (χ1) is 23.7. The van der Waals surface area contributed by atoms with Crippen LogP contribution in [0.5, 0.6) is 0 Å². The van der Waals surface area contributed by atoms with Crippen LogP contribution in [0.4, 0.5) is 0 Å². The smallest absolute Gasteiger partial charge is 0.101 e. The molecular weight excluding hydrogens is 585 g/mol. The van der Waals surface area contributed by atoms with Gasteiger partial charge in [-0.05, 0) is 71.3 Å². The number of hydrogen-bond acceptors (Lipinski definition) is 2. The standard InChI is InChI=1S/C44H26N4/c45-27-29-20-25-43-39(26-29)37-15-5-8-19-42(37)48(43)44-31(28-46)10-9-16-38(44)34-12-2-1-11-33(34)30-21-23-32(24-22-30)47-40-17-6-3-13-35(40)36-14-4-7-18-41(36)47/h1-26H. The van der Waals surface area contributed by atoms with Gasteiger partial charge >= 0.3 is 0 Å². The fraction of sp³-hybridized carbons (Fsp3) is 0. The van der Waals surface area contributed by atoms with Gasteiger partial charge in [0, 0.05) is 32.8 Å². The number of nitriles is 2. The van der Waals surface area contributed by atoms with E-state index < -0.39 is 0 Å². The van der Waals surface area contributed by atoms with Crippen LogP contribution in [-0.4, -0.2) is 9.13 Å². The van der Waals surface area contributed by atoms with Gasteiger partial charge < -0.3 is 9.13 Å². The van der Waals surface area contributed by atoms with Crippen LogP contribution >= 0.6 is 0 Å². The van der Waals surface area contributed by atoms with E-state index in [4.69, 9.17) is 0 Å². The maximum absolute atomic E-state index is 10.5. The number of benzene rings is 7. The summed E-state index contributed by atoms with van der Waals surface area (Å²) in [5.74, 6) is 0. The Kier molecular flexibility index (Phi) is 6.22. The first kappa shape index (κ1) is 27.4. The highest BCUT2D eigenvalue weighted by molar-refractivity contribution is 6.11. The second-order valence-corrected chi connectivity index (χ2v) is 12.0. The number of nitrogens with zero attached hydrogens (tertiary/aromatic N) is 4. The summed E-state index contributed by atoms with van der Waals surface area (Å²) in [6.07, 6.45) is 0. The van der Waals surface area contributed by atoms with Gasteiger partial charge in [0.05, 0.1) is 45.0 Å². The SMILES string of the molecule is N#Cc1ccc2c(c1)c1ccccc1n2-c1c(C#N)cccc1-c1ccccc1-c1ccc(-n2c3ccccc3c3ccccc32)cc1. The van der Waals surface area contributed by atoms with Crippen LogP contribution in [-0.2, 0) is 0 Å². The molecule has 0 spiro atoms. The topological polar surface area (TPSA) is 57.4 Å². The lowest BCUT2D eigenvalue weighted by atomic mass is 9.92. The van der Waals surface area contributed by atoms with E-state index in [-0.39, 0.29) is 0 Å². The molecule has 0 bridgehead atoms. The Morgan fingerprint density at radius 3 is 1.58 bits per heavy atom. The van der Waals surface area contributed by atoms with Crippen LogP contribution in [0.15, 0.2) is 158 Å². The molecule has 0 aliphatic heterocycles. The van der Waals surface area contributed by atoms with Crippen LogP contribution in [0.25, 0.3) is 77.2 Å². The van der Waals surface area contributed by atoms with E-state index in [1.54, 1.807) is 0 Å². The van der Waals surface area contributed by atoms with Crippen molar-refractivity contribution in [3.63, 3.8) is 0 Å². The highest BCUT2D eigenvalue weighted by Crippen LogP contribution is 2.41. The lowest BCUT2D eigenvalue weighted by Gasteiger charge is -2.18. The maximum Gasteiger partial charge on any atom is 0.101 e. The molecule has 0 unspecified atom stereocenters. The highest BCUT2D eigenvalue weighted by atomic mass is 15.0. The number of hydrogen-bond donors (Lipinski definition) is 0. The molecule has 0 saturated heterocycles. The van der Waals surface area contributed by atoms with Crippen molar-refractivity contribution in [1.29, 1.82) is 10.5 Å². The molecule has 0 radical (unpaired) electrons. The summed E-state index contributed by atoms with van der Waals surface area (Å²) in [4.78, 5) is 0. The van der Waals surface area contributed by atoms with Gasteiger partial charge in [-0.2, -0.15) is 10.5 Å². The molecule has 0 N–H and O–H groups in total. The van der Waals surface area contributed by atoms with Crippen molar-refractivity contribution in [2.24, 2.45) is 0 Å². The summed E-state index contributed by atoms with van der Waals surface area (Å²) >= 11 is 0. The maximum atomic E-state index is 10.5. The van der Waals surface area contributed by atoms with Gasteiger partial charge in [0.15, 0.2) is 0 Å². The molecule has 9 aromatic rings. The average Bonchev–Trinajstić information content (AvgIpc) is 3.67. The zero-order valence-electron chi connectivity index (χ0n) is 25.8. The normalized spacial score (nSPS) is 11.3. The summed E-state index contributed by atoms with van der Waals surface area (Å²) in [5, 5.41) is 24.6. The predicted octanol–water partition coefficient (Wildman–Crippen LogP) is 11.0. The van der Waals surface area contributed by atoms with E-state index in [0.717, 1.165) is 55.4 Å². The molecule has 4 nitrogen and oxygen atoms in total. The van der Waals surface area contributed by atoms with E-state index in [1.807, 2.05) is 42.5 Å². The molecule has 2 aromatic heterocycles. The molecule has 0 atom stereocenters. The molecule has 0 saturated carbocycles. The first-order valence-corrected chi connectivity index (χ1v) is 15.9. The van der Waals surface area contributed by atoms with Gasteiger partial charge in [-0.3, -0.25) is 0 Å². The van der Waals surface area contributed by atoms with Gasteiger partial charge in [-0.15, -0.1) is 0 Å². The van der Waals surface area contributed by atoms with E-state index >= 15 is 0 Å². The third-order valence-corrected chi connectivity index (χ3v) is 9.42. The fourth-order valence-electron chi connectivity index (χ4n) is 7.34. The zero-order valence-corrected chi connectivity index (χ0v) is 25.8. The first-order valence-electron chi connectivity index (χ1n) is 15.9. The summed E-state index contributed by atoms with van der Waals surface area (Å²) < 4.78 is 4.51. The molecule has 0 amide bonds. The van der Waals surface area contributed by atoms with E-state index in [0.29, 0.717) is 11.1 Å². The lowest BCUT2D eigenvalue weighted by Crippen LogP contribution is -2.01. The van der Waals surface area contributed by atoms with Crippen LogP contribution in [0.2, 0.25) is 0 Å². The molecule has 4 heteroatoms. The van der Waals surface area contributed by atoms with Crippen molar-refractivity contribution >= 4 is 43.6 Å². The summed E-state index contributed by atoms with van der Waals surface area (Å²) in [6.45, 7) is 0. The van der Waals surface area contributed by atoms with Crippen molar-refractivity contribution < 1.29 is 0 Å². The predicted molar refractivity (Wildman–Crippen MR) is 195 cm³/mol. The van der Waals surface area contributed by atoms with E-state index in [1.165, 1.54) is 21.8 Å². The molecule has 2 heterocycles. The zero-order chi connectivity index (χ0) is 32.2. The van der Waals surface area contributed by atoms with Crippen LogP contribution in [0.3, 0.4) is 0 Å². The Bertz CT molecular complexity index is 2750. The van der Waals surface area contributed by atoms with E-state index in [9.17, 15) is 10.5 Å². The summed E-state index contributed by atoms with van der Waals surface area (Å²) in [6, 6.07) is 59.0. The van der Waals surface area contributed by atoms with Gasteiger partial charge in [0.2, 0.25) is 0 Å². The monoisotopic (exact) mass is 610 g/mol. The Hall–Kier alpha value is -6.88. The van der Waals surface area contributed by atoms with Crippen LogP contribution in [0.1, 0.15) is 11.1 Å². The third kappa shape index (κ3) is 4.07. The second kappa shape index (κ2) is 10.9. The van der Waals surface area contributed by atoms with Crippen LogP contribution < -0.4 is 0 Å². The number of para-hydroxylation sites is 4. The number of fused-ring (bicyclic) bond motifs is 6. The lowest BCUT2D eigenvalue weighted by molar-refractivity contribution is 1.17. The van der Waals surface area contributed by atoms with Crippen molar-refractivity contribution in [2.75, 3.05) is 0 Å². The van der Waals surface area contributed by atoms with Gasteiger partial charge in [0.1, 0.15) is 6.07 Å². The van der Waals surface area contributed by atoms with Crippen LogP contribution in [0, 0.1) is 22.7 Å². The Labute approximate surface area is 277 Å². The van der Waals surface area contributed by atoms with Gasteiger partial charge in [-0.1, -0.05) is 103 Å². The molecular formula is C44H26N4. The quantitative estimate of drug-likeness (QED) is 0.199. The van der Waals surface area contributed by atoms with Crippen molar-refractivity contribution in [3.8, 4) is 45.8 Å². The molecule has 9 rings (SSSR count). The third-order valence-electron chi connectivity index (χ3n) is 9.42. The van der Waals surface area contributed by atoms with E-state index in [2.05, 4.69) is 137 Å². The molecule has 0 aliphatic rings. The largest absolute Gasteiger partial charge is 0.309 e. The molecule has 7 aromatic carbocycles. The Morgan fingerprint density at radius 2 is 0.938 bits per heavy atom. The molecule has 222 valence electrons. The minimum Gasteiger partial charge on any atom is -0.309 e. The summed E-state index contributed by atoms with van der Waals surface area (Å²) in [7, 11) is 0. The van der Waals surface area contributed by atoms with Gasteiger partial charge in [0.25, 0.3) is 0 Å². The number of aromatic nitrogens is 2.